The molecule has 0 radical (unpaired) electrons. The van der Waals surface area contributed by atoms with Crippen LogP contribution in [-0.2, 0) is 16.3 Å². The van der Waals surface area contributed by atoms with Crippen LogP contribution >= 0.6 is 0 Å². The van der Waals surface area contributed by atoms with Gasteiger partial charge in [0, 0.05) is 19.3 Å². The summed E-state index contributed by atoms with van der Waals surface area (Å²) < 4.78 is 23.1. The maximum absolute atomic E-state index is 12.5. The van der Waals surface area contributed by atoms with Crippen molar-refractivity contribution >= 4 is 15.9 Å². The van der Waals surface area contributed by atoms with Crippen LogP contribution < -0.4 is 5.32 Å². The minimum Gasteiger partial charge on any atom is -0.336 e. The molecule has 0 aromatic heterocycles. The number of hydrogen-bond donors (Lipinski definition) is 1. The van der Waals surface area contributed by atoms with Gasteiger partial charge in [0.05, 0.1) is 10.9 Å². The van der Waals surface area contributed by atoms with Crippen LogP contribution in [0.15, 0.2) is 59.5 Å². The van der Waals surface area contributed by atoms with Crippen molar-refractivity contribution in [2.75, 3.05) is 13.3 Å². The molecule has 1 N–H and O–H groups in total. The Morgan fingerprint density at radius 3 is 2.19 bits per heavy atom. The number of benzene rings is 2. The summed E-state index contributed by atoms with van der Waals surface area (Å²) in [6.07, 6.45) is 2.96. The zero-order valence-corrected chi connectivity index (χ0v) is 17.2. The third-order valence-electron chi connectivity index (χ3n) is 4.77. The van der Waals surface area contributed by atoms with Crippen molar-refractivity contribution in [1.82, 2.24) is 10.2 Å². The third kappa shape index (κ3) is 6.10. The van der Waals surface area contributed by atoms with E-state index >= 15 is 0 Å². The average Bonchev–Trinajstić information content (AvgIpc) is 2.65. The molecule has 27 heavy (non-hydrogen) atoms. The lowest BCUT2D eigenvalue weighted by molar-refractivity contribution is 0.190. The van der Waals surface area contributed by atoms with Gasteiger partial charge in [-0.15, -0.1) is 0 Å². The van der Waals surface area contributed by atoms with Gasteiger partial charge in [-0.05, 0) is 49.9 Å². The van der Waals surface area contributed by atoms with Crippen molar-refractivity contribution in [2.45, 2.75) is 43.7 Å². The van der Waals surface area contributed by atoms with Crippen molar-refractivity contribution in [2.24, 2.45) is 0 Å². The van der Waals surface area contributed by atoms with Gasteiger partial charge < -0.3 is 10.2 Å². The van der Waals surface area contributed by atoms with Crippen molar-refractivity contribution in [3.05, 3.63) is 65.7 Å². The molecule has 0 aliphatic heterocycles. The Morgan fingerprint density at radius 2 is 1.63 bits per heavy atom. The summed E-state index contributed by atoms with van der Waals surface area (Å²) in [6.45, 7) is 3.92. The summed E-state index contributed by atoms with van der Waals surface area (Å²) in [5.41, 5.74) is 2.14. The summed E-state index contributed by atoms with van der Waals surface area (Å²) in [6, 6.07) is 16.6. The highest BCUT2D eigenvalue weighted by Crippen LogP contribution is 2.21. The van der Waals surface area contributed by atoms with E-state index in [9.17, 15) is 13.2 Å². The number of sulfone groups is 1. The highest BCUT2D eigenvalue weighted by molar-refractivity contribution is 7.90. The van der Waals surface area contributed by atoms with Gasteiger partial charge in [0.1, 0.15) is 0 Å². The molecule has 2 atom stereocenters. The number of urea groups is 1. The maximum atomic E-state index is 12.5. The maximum Gasteiger partial charge on any atom is 0.317 e. The number of aryl methyl sites for hydroxylation is 1. The van der Waals surface area contributed by atoms with Crippen LogP contribution in [0.25, 0.3) is 0 Å². The lowest BCUT2D eigenvalue weighted by atomic mass is 10.1. The Bertz CT molecular complexity index is 849. The fraction of sp³-hybridized carbons (Fsp3) is 0.381. The molecule has 0 spiro atoms. The first-order valence-corrected chi connectivity index (χ1v) is 10.9. The molecule has 5 nitrogen and oxygen atoms in total. The molecule has 0 fully saturated rings. The van der Waals surface area contributed by atoms with E-state index in [1.165, 1.54) is 11.8 Å². The van der Waals surface area contributed by atoms with E-state index in [4.69, 9.17) is 0 Å². The molecule has 2 aromatic carbocycles. The summed E-state index contributed by atoms with van der Waals surface area (Å²) >= 11 is 0. The van der Waals surface area contributed by atoms with Crippen LogP contribution in [0.1, 0.15) is 37.4 Å². The Kier molecular flexibility index (Phi) is 7.02. The van der Waals surface area contributed by atoms with Gasteiger partial charge in [-0.1, -0.05) is 42.5 Å². The van der Waals surface area contributed by atoms with Gasteiger partial charge in [0.2, 0.25) is 0 Å². The minimum absolute atomic E-state index is 0.0555. The summed E-state index contributed by atoms with van der Waals surface area (Å²) in [5, 5.41) is 3.03. The molecule has 0 saturated heterocycles. The second-order valence-electron chi connectivity index (χ2n) is 7.00. The average molecular weight is 389 g/mol. The molecule has 2 rings (SSSR count). The third-order valence-corrected chi connectivity index (χ3v) is 5.90. The number of carbonyl (C=O) groups excluding carboxylic acids is 1. The fourth-order valence-electron chi connectivity index (χ4n) is 2.81. The highest BCUT2D eigenvalue weighted by Gasteiger charge is 2.19. The Hall–Kier alpha value is -2.34. The standard InChI is InChI=1S/C21H28N2O3S/c1-16(10-11-18-8-6-5-7-9-18)22-21(24)23(3)17(2)19-12-14-20(15-13-19)27(4,25)26/h5-9,12-17H,10-11H2,1-4H3,(H,22,24)/t16-,17-/m1/s1. The second kappa shape index (κ2) is 9.04. The van der Waals surface area contributed by atoms with E-state index < -0.39 is 9.84 Å². The van der Waals surface area contributed by atoms with Crippen molar-refractivity contribution in [1.29, 1.82) is 0 Å². The minimum atomic E-state index is -3.22. The van der Waals surface area contributed by atoms with Crippen molar-refractivity contribution in [3.8, 4) is 0 Å². The molecule has 2 aromatic rings. The van der Waals surface area contributed by atoms with E-state index in [0.717, 1.165) is 18.4 Å². The van der Waals surface area contributed by atoms with E-state index in [2.05, 4.69) is 17.4 Å². The molecule has 0 bridgehead atoms. The molecule has 0 saturated carbocycles. The first-order valence-electron chi connectivity index (χ1n) is 9.05. The van der Waals surface area contributed by atoms with Gasteiger partial charge in [-0.3, -0.25) is 0 Å². The number of rotatable bonds is 7. The van der Waals surface area contributed by atoms with E-state index in [1.54, 1.807) is 36.2 Å². The van der Waals surface area contributed by atoms with Crippen LogP contribution in [0.2, 0.25) is 0 Å². The number of nitrogens with one attached hydrogen (secondary N) is 1. The summed E-state index contributed by atoms with van der Waals surface area (Å²) in [7, 11) is -1.48. The lowest BCUT2D eigenvalue weighted by Gasteiger charge is -2.27. The van der Waals surface area contributed by atoms with E-state index in [-0.39, 0.29) is 23.0 Å². The highest BCUT2D eigenvalue weighted by atomic mass is 32.2. The monoisotopic (exact) mass is 388 g/mol. The second-order valence-corrected chi connectivity index (χ2v) is 9.02. The topological polar surface area (TPSA) is 66.5 Å². The Morgan fingerprint density at radius 1 is 1.04 bits per heavy atom. The molecule has 0 unspecified atom stereocenters. The molecular weight excluding hydrogens is 360 g/mol. The molecule has 6 heteroatoms. The molecular formula is C21H28N2O3S. The quantitative estimate of drug-likeness (QED) is 0.784. The van der Waals surface area contributed by atoms with Gasteiger partial charge in [0.15, 0.2) is 9.84 Å². The SMILES string of the molecule is C[C@H](CCc1ccccc1)NC(=O)N(C)[C@H](C)c1ccc(S(C)(=O)=O)cc1. The van der Waals surface area contributed by atoms with Crippen LogP contribution in [0.4, 0.5) is 4.79 Å². The van der Waals surface area contributed by atoms with E-state index in [1.807, 2.05) is 32.0 Å². The fourth-order valence-corrected chi connectivity index (χ4v) is 3.44. The van der Waals surface area contributed by atoms with Gasteiger partial charge in [-0.25, -0.2) is 13.2 Å². The van der Waals surface area contributed by atoms with Crippen LogP contribution in [0.3, 0.4) is 0 Å². The Labute approximate surface area is 162 Å². The van der Waals surface area contributed by atoms with Crippen LogP contribution in [-0.4, -0.2) is 38.7 Å². The molecule has 0 heterocycles. The predicted octanol–water partition coefficient (Wildman–Crippen LogP) is 3.81. The molecule has 146 valence electrons. The number of hydrogen-bond acceptors (Lipinski definition) is 3. The summed E-state index contributed by atoms with van der Waals surface area (Å²) in [5.74, 6) is 0. The van der Waals surface area contributed by atoms with Crippen molar-refractivity contribution < 1.29 is 13.2 Å². The number of carbonyl (C=O) groups is 1. The number of amides is 2. The van der Waals surface area contributed by atoms with Crippen LogP contribution in [0.5, 0.6) is 0 Å². The predicted molar refractivity (Wildman–Crippen MR) is 108 cm³/mol. The zero-order valence-electron chi connectivity index (χ0n) is 16.3. The van der Waals surface area contributed by atoms with Gasteiger partial charge >= 0.3 is 6.03 Å². The first-order chi connectivity index (χ1) is 12.7. The normalized spacial score (nSPS) is 13.6. The summed E-state index contributed by atoms with van der Waals surface area (Å²) in [4.78, 5) is 14.4. The van der Waals surface area contributed by atoms with Crippen molar-refractivity contribution in [3.63, 3.8) is 0 Å². The number of nitrogens with zero attached hydrogens (tertiary/aromatic N) is 1. The smallest absolute Gasteiger partial charge is 0.317 e. The van der Waals surface area contributed by atoms with Gasteiger partial charge in [-0.2, -0.15) is 0 Å². The lowest BCUT2D eigenvalue weighted by Crippen LogP contribution is -2.43. The van der Waals surface area contributed by atoms with Gasteiger partial charge in [0.25, 0.3) is 0 Å². The zero-order chi connectivity index (χ0) is 20.0. The largest absolute Gasteiger partial charge is 0.336 e. The van der Waals surface area contributed by atoms with E-state index in [0.29, 0.717) is 0 Å². The molecule has 2 amide bonds. The first kappa shape index (κ1) is 21.0. The Balaban J connectivity index is 1.91. The molecule has 0 aliphatic carbocycles. The van der Waals surface area contributed by atoms with Crippen LogP contribution in [0, 0.1) is 0 Å². The molecule has 0 aliphatic rings.